The average molecular weight is 464 g/mol. The van der Waals surface area contributed by atoms with Crippen LogP contribution in [0.4, 0.5) is 0 Å². The zero-order chi connectivity index (χ0) is 23.7. The molecule has 180 valence electrons. The van der Waals surface area contributed by atoms with Gasteiger partial charge in [-0.2, -0.15) is 0 Å². The third-order valence-electron chi connectivity index (χ3n) is 7.48. The topological polar surface area (TPSA) is 90.9 Å². The molecule has 0 spiro atoms. The number of rotatable bonds is 6. The highest BCUT2D eigenvalue weighted by atomic mass is 16.5. The van der Waals surface area contributed by atoms with Crippen molar-refractivity contribution < 1.29 is 19.4 Å². The summed E-state index contributed by atoms with van der Waals surface area (Å²) in [4.78, 5) is 27.6. The van der Waals surface area contributed by atoms with Crippen molar-refractivity contribution in [3.63, 3.8) is 0 Å². The molecule has 2 aromatic carbocycles. The Balaban J connectivity index is 1.14. The molecule has 3 unspecified atom stereocenters. The first-order valence-corrected chi connectivity index (χ1v) is 12.3. The number of aryl methyl sites for hydroxylation is 1. The fraction of sp³-hybridized carbons (Fsp3) is 0.481. The molecule has 4 atom stereocenters. The van der Waals surface area contributed by atoms with Crippen LogP contribution < -0.4 is 10.6 Å². The molecule has 2 bridgehead atoms. The SMILES string of the molecule is CCc1ccc2c(c1)CN[C@H](C(O)CNC(=O)c1ccc(C(=O)N3C4CCC3COC4)cc1)C2. The van der Waals surface area contributed by atoms with Gasteiger partial charge in [0.15, 0.2) is 0 Å². The molecule has 5 rings (SSSR count). The van der Waals surface area contributed by atoms with Gasteiger partial charge in [-0.05, 0) is 66.6 Å². The summed E-state index contributed by atoms with van der Waals surface area (Å²) in [5.74, 6) is -0.249. The molecule has 2 fully saturated rings. The Kier molecular flexibility index (Phi) is 6.68. The highest BCUT2D eigenvalue weighted by Crippen LogP contribution is 2.30. The minimum absolute atomic E-state index is 0.00731. The number of hydrogen-bond acceptors (Lipinski definition) is 5. The highest BCUT2D eigenvalue weighted by molar-refractivity contribution is 5.98. The lowest BCUT2D eigenvalue weighted by atomic mass is 9.91. The highest BCUT2D eigenvalue weighted by Gasteiger charge is 2.40. The molecule has 0 aliphatic carbocycles. The molecule has 7 nitrogen and oxygen atoms in total. The fourth-order valence-corrected chi connectivity index (χ4v) is 5.40. The molecule has 0 saturated carbocycles. The number of morpholine rings is 1. The van der Waals surface area contributed by atoms with Crippen LogP contribution in [0.2, 0.25) is 0 Å². The molecule has 3 aliphatic heterocycles. The minimum Gasteiger partial charge on any atom is -0.390 e. The first-order chi connectivity index (χ1) is 16.5. The van der Waals surface area contributed by atoms with Gasteiger partial charge < -0.3 is 25.4 Å². The predicted octanol–water partition coefficient (Wildman–Crippen LogP) is 2.06. The second kappa shape index (κ2) is 9.86. The summed E-state index contributed by atoms with van der Waals surface area (Å²) in [6.07, 6.45) is 3.02. The average Bonchev–Trinajstić information content (AvgIpc) is 3.13. The number of carbonyl (C=O) groups excluding carboxylic acids is 2. The summed E-state index contributed by atoms with van der Waals surface area (Å²) in [6.45, 7) is 4.24. The molecule has 34 heavy (non-hydrogen) atoms. The number of amides is 2. The van der Waals surface area contributed by atoms with Crippen LogP contribution in [0.15, 0.2) is 42.5 Å². The Morgan fingerprint density at radius 3 is 2.50 bits per heavy atom. The molecule has 0 radical (unpaired) electrons. The van der Waals surface area contributed by atoms with E-state index >= 15 is 0 Å². The van der Waals surface area contributed by atoms with E-state index in [9.17, 15) is 14.7 Å². The maximum absolute atomic E-state index is 13.0. The summed E-state index contributed by atoms with van der Waals surface area (Å²) >= 11 is 0. The molecule has 3 aliphatic rings. The largest absolute Gasteiger partial charge is 0.390 e. The second-order valence-electron chi connectivity index (χ2n) is 9.64. The third-order valence-corrected chi connectivity index (χ3v) is 7.48. The summed E-state index contributed by atoms with van der Waals surface area (Å²) in [5, 5.41) is 16.9. The zero-order valence-corrected chi connectivity index (χ0v) is 19.6. The number of benzene rings is 2. The van der Waals surface area contributed by atoms with Crippen LogP contribution in [0.3, 0.4) is 0 Å². The number of nitrogens with zero attached hydrogens (tertiary/aromatic N) is 1. The Bertz CT molecular complexity index is 1040. The number of aliphatic hydroxyl groups excluding tert-OH is 1. The van der Waals surface area contributed by atoms with Gasteiger partial charge in [-0.3, -0.25) is 9.59 Å². The van der Waals surface area contributed by atoms with Gasteiger partial charge in [0.2, 0.25) is 0 Å². The molecule has 3 heterocycles. The van der Waals surface area contributed by atoms with Gasteiger partial charge in [0.25, 0.3) is 11.8 Å². The smallest absolute Gasteiger partial charge is 0.254 e. The summed E-state index contributed by atoms with van der Waals surface area (Å²) in [7, 11) is 0. The van der Waals surface area contributed by atoms with Crippen LogP contribution in [-0.2, 0) is 24.1 Å². The Morgan fingerprint density at radius 1 is 1.09 bits per heavy atom. The molecular weight excluding hydrogens is 430 g/mol. The molecular formula is C27H33N3O4. The van der Waals surface area contributed by atoms with Crippen LogP contribution in [0.5, 0.6) is 0 Å². The van der Waals surface area contributed by atoms with Gasteiger partial charge in [-0.1, -0.05) is 25.1 Å². The molecule has 2 saturated heterocycles. The van der Waals surface area contributed by atoms with Gasteiger partial charge in [0.1, 0.15) is 0 Å². The minimum atomic E-state index is -0.694. The summed E-state index contributed by atoms with van der Waals surface area (Å²) < 4.78 is 5.57. The summed E-state index contributed by atoms with van der Waals surface area (Å²) in [5.41, 5.74) is 4.91. The maximum atomic E-state index is 13.0. The van der Waals surface area contributed by atoms with E-state index in [-0.39, 0.29) is 36.5 Å². The van der Waals surface area contributed by atoms with Crippen molar-refractivity contribution in [3.8, 4) is 0 Å². The van der Waals surface area contributed by atoms with Crippen LogP contribution in [0.25, 0.3) is 0 Å². The normalized spacial score (nSPS) is 24.4. The quantitative estimate of drug-likeness (QED) is 0.610. The summed E-state index contributed by atoms with van der Waals surface area (Å²) in [6, 6.07) is 13.5. The van der Waals surface area contributed by atoms with E-state index in [0.717, 1.165) is 32.2 Å². The lowest BCUT2D eigenvalue weighted by Gasteiger charge is -2.34. The van der Waals surface area contributed by atoms with E-state index in [1.54, 1.807) is 24.3 Å². The molecule has 2 aromatic rings. The molecule has 3 N–H and O–H groups in total. The lowest BCUT2D eigenvalue weighted by molar-refractivity contribution is -0.00716. The van der Waals surface area contributed by atoms with E-state index in [0.29, 0.717) is 24.3 Å². The first-order valence-electron chi connectivity index (χ1n) is 12.3. The van der Waals surface area contributed by atoms with Crippen molar-refractivity contribution in [2.24, 2.45) is 0 Å². The lowest BCUT2D eigenvalue weighted by Crippen LogP contribution is -2.49. The van der Waals surface area contributed by atoms with E-state index < -0.39 is 6.10 Å². The van der Waals surface area contributed by atoms with Gasteiger partial charge in [-0.15, -0.1) is 0 Å². The predicted molar refractivity (Wildman–Crippen MR) is 129 cm³/mol. The third kappa shape index (κ3) is 4.60. The molecule has 7 heteroatoms. The number of hydrogen-bond donors (Lipinski definition) is 3. The Labute approximate surface area is 200 Å². The zero-order valence-electron chi connectivity index (χ0n) is 19.6. The van der Waals surface area contributed by atoms with Crippen LogP contribution >= 0.6 is 0 Å². The number of carbonyl (C=O) groups is 2. The van der Waals surface area contributed by atoms with Crippen LogP contribution in [-0.4, -0.2) is 65.8 Å². The van der Waals surface area contributed by atoms with Gasteiger partial charge in [0, 0.05) is 30.3 Å². The van der Waals surface area contributed by atoms with Crippen molar-refractivity contribution >= 4 is 11.8 Å². The van der Waals surface area contributed by atoms with Crippen LogP contribution in [0, 0.1) is 0 Å². The van der Waals surface area contributed by atoms with Crippen LogP contribution in [0.1, 0.15) is 57.2 Å². The van der Waals surface area contributed by atoms with Crippen molar-refractivity contribution in [1.29, 1.82) is 0 Å². The first kappa shape index (κ1) is 23.0. The molecule has 0 aromatic heterocycles. The van der Waals surface area contributed by atoms with Gasteiger partial charge in [-0.25, -0.2) is 0 Å². The number of aliphatic hydroxyl groups is 1. The monoisotopic (exact) mass is 463 g/mol. The Hall–Kier alpha value is -2.74. The van der Waals surface area contributed by atoms with Crippen molar-refractivity contribution in [3.05, 3.63) is 70.3 Å². The van der Waals surface area contributed by atoms with Gasteiger partial charge in [0.05, 0.1) is 31.4 Å². The van der Waals surface area contributed by atoms with Crippen molar-refractivity contribution in [2.75, 3.05) is 19.8 Å². The van der Waals surface area contributed by atoms with E-state index in [4.69, 9.17) is 4.74 Å². The Morgan fingerprint density at radius 2 is 1.79 bits per heavy atom. The van der Waals surface area contributed by atoms with E-state index in [1.807, 2.05) is 4.90 Å². The number of ether oxygens (including phenoxy) is 1. The van der Waals surface area contributed by atoms with Crippen molar-refractivity contribution in [1.82, 2.24) is 15.5 Å². The standard InChI is InChI=1S/C27H33N3O4/c1-2-17-3-4-20-12-24(28-13-21(20)11-17)25(31)14-29-26(32)18-5-7-19(8-6-18)27(33)30-22-9-10-23(30)16-34-15-22/h3-8,11,22-25,28,31H,2,9-10,12-16H2,1H3,(H,29,32)/t22?,23?,24-,25?/m0/s1. The van der Waals surface area contributed by atoms with E-state index in [2.05, 4.69) is 35.8 Å². The second-order valence-corrected chi connectivity index (χ2v) is 9.64. The molecule has 2 amide bonds. The van der Waals surface area contributed by atoms with Gasteiger partial charge >= 0.3 is 0 Å². The fourth-order valence-electron chi connectivity index (χ4n) is 5.40. The maximum Gasteiger partial charge on any atom is 0.254 e. The number of nitrogens with one attached hydrogen (secondary N) is 2. The van der Waals surface area contributed by atoms with Crippen molar-refractivity contribution in [2.45, 2.75) is 63.4 Å². The van der Waals surface area contributed by atoms with E-state index in [1.165, 1.54) is 16.7 Å². The number of fused-ring (bicyclic) bond motifs is 3.